The second-order valence-corrected chi connectivity index (χ2v) is 12.3. The largest absolute Gasteiger partial charge is 0.480 e. The molecular weight excluding hydrogens is 608 g/mol. The van der Waals surface area contributed by atoms with Gasteiger partial charge >= 0.3 is 5.97 Å². The predicted molar refractivity (Wildman–Crippen MR) is 169 cm³/mol. The van der Waals surface area contributed by atoms with E-state index in [-0.39, 0.29) is 31.8 Å². The third kappa shape index (κ3) is 8.93. The maximum atomic E-state index is 14.1. The average Bonchev–Trinajstić information content (AvgIpc) is 3.85. The van der Waals surface area contributed by atoms with E-state index in [1.807, 2.05) is 30.3 Å². The minimum Gasteiger partial charge on any atom is -0.480 e. The number of imidazole rings is 1. The van der Waals surface area contributed by atoms with Gasteiger partial charge in [0.15, 0.2) is 0 Å². The number of carbonyl (C=O) groups excluding carboxylic acids is 5. The van der Waals surface area contributed by atoms with Crippen LogP contribution in [0, 0.1) is 5.92 Å². The van der Waals surface area contributed by atoms with Crippen molar-refractivity contribution in [2.75, 3.05) is 19.6 Å². The number of nitrogens with two attached hydrogens (primary N) is 1. The van der Waals surface area contributed by atoms with Crippen molar-refractivity contribution in [1.82, 2.24) is 35.7 Å². The maximum absolute atomic E-state index is 14.1. The number of amides is 5. The van der Waals surface area contributed by atoms with Crippen molar-refractivity contribution in [1.29, 1.82) is 0 Å². The zero-order chi connectivity index (χ0) is 34.1. The summed E-state index contributed by atoms with van der Waals surface area (Å²) in [5.74, 6) is -4.15. The molecule has 1 aromatic heterocycles. The maximum Gasteiger partial charge on any atom is 0.326 e. The van der Waals surface area contributed by atoms with E-state index in [9.17, 15) is 33.9 Å². The quantitative estimate of drug-likeness (QED) is 0.152. The first kappa shape index (κ1) is 35.1. The highest BCUT2D eigenvalue weighted by Crippen LogP contribution is 2.22. The van der Waals surface area contributed by atoms with E-state index in [1.54, 1.807) is 13.8 Å². The van der Waals surface area contributed by atoms with E-state index in [0.29, 0.717) is 37.9 Å². The summed E-state index contributed by atoms with van der Waals surface area (Å²) in [5.41, 5.74) is 6.89. The molecule has 0 spiro atoms. The van der Waals surface area contributed by atoms with E-state index >= 15 is 0 Å². The highest BCUT2D eigenvalue weighted by atomic mass is 16.4. The lowest BCUT2D eigenvalue weighted by molar-refractivity contribution is -0.144. The normalized spacial score (nSPS) is 19.6. The van der Waals surface area contributed by atoms with Crippen LogP contribution in [0.4, 0.5) is 0 Å². The number of benzene rings is 1. The number of aliphatic carboxylic acids is 1. The molecule has 5 amide bonds. The molecule has 7 N–H and O–H groups in total. The Bertz CT molecular complexity index is 1420. The number of nitrogens with one attached hydrogen (secondary N) is 4. The van der Waals surface area contributed by atoms with Crippen LogP contribution in [0.2, 0.25) is 0 Å². The molecule has 2 aliphatic heterocycles. The Labute approximate surface area is 273 Å². The Hall–Kier alpha value is -4.79. The summed E-state index contributed by atoms with van der Waals surface area (Å²) in [4.78, 5) is 88.5. The van der Waals surface area contributed by atoms with E-state index < -0.39 is 65.7 Å². The fourth-order valence-electron chi connectivity index (χ4n) is 6.14. The van der Waals surface area contributed by atoms with Gasteiger partial charge in [0.2, 0.25) is 29.5 Å². The first-order valence-corrected chi connectivity index (χ1v) is 15.9. The van der Waals surface area contributed by atoms with Crippen molar-refractivity contribution in [2.45, 2.75) is 82.6 Å². The van der Waals surface area contributed by atoms with E-state index in [2.05, 4.69) is 25.9 Å². The molecule has 4 rings (SSSR count). The number of hydrogen-bond acceptors (Lipinski definition) is 8. The molecule has 0 aliphatic carbocycles. The van der Waals surface area contributed by atoms with Crippen LogP contribution in [0.5, 0.6) is 0 Å². The van der Waals surface area contributed by atoms with Crippen molar-refractivity contribution in [3.8, 4) is 0 Å². The average molecular weight is 653 g/mol. The fraction of sp³-hybridized carbons (Fsp3) is 0.531. The number of H-pyrrole nitrogens is 1. The molecule has 2 aromatic rings. The van der Waals surface area contributed by atoms with Crippen molar-refractivity contribution in [2.24, 2.45) is 11.7 Å². The number of nitrogens with zero attached hydrogens (tertiary/aromatic N) is 3. The smallest absolute Gasteiger partial charge is 0.326 e. The number of aromatic amines is 1. The summed E-state index contributed by atoms with van der Waals surface area (Å²) in [6.45, 7) is 3.75. The molecule has 47 heavy (non-hydrogen) atoms. The lowest BCUT2D eigenvalue weighted by atomic mass is 10.0. The lowest BCUT2D eigenvalue weighted by Gasteiger charge is -2.31. The van der Waals surface area contributed by atoms with Crippen LogP contribution in [0.1, 0.15) is 50.8 Å². The molecule has 2 fully saturated rings. The van der Waals surface area contributed by atoms with Crippen LogP contribution in [0.3, 0.4) is 0 Å². The Balaban J connectivity index is 1.53. The molecule has 2 saturated heterocycles. The summed E-state index contributed by atoms with van der Waals surface area (Å²) in [6, 6.07) is 4.10. The van der Waals surface area contributed by atoms with Crippen LogP contribution < -0.4 is 21.7 Å². The second-order valence-electron chi connectivity index (χ2n) is 12.3. The summed E-state index contributed by atoms with van der Waals surface area (Å²) in [6.07, 6.45) is 5.01. The van der Waals surface area contributed by atoms with Gasteiger partial charge in [0.05, 0.1) is 12.9 Å². The molecular formula is C32H44N8O7. The molecule has 0 saturated carbocycles. The minimum absolute atomic E-state index is 0.00870. The standard InChI is InChI=1S/C32H44N8O7/c1-19(2)27(32(46)47)38-28(42)22(15-21-17-34-18-35-21)36-30(44)25-11-7-13-40(25)31(45)23(14-20-8-4-3-5-9-20)37-29(43)24-10-6-12-39(24)26(41)16-33/h3-5,8-9,17-19,22-25,27H,6-7,10-16,33H2,1-2H3,(H,34,35)(H,36,44)(H,37,43)(H,38,42)(H,46,47)/t22-,23-,24-,25-,27-/m0/s1. The van der Waals surface area contributed by atoms with Gasteiger partial charge in [-0.2, -0.15) is 0 Å². The Kier molecular flexibility index (Phi) is 12.1. The molecule has 0 bridgehead atoms. The van der Waals surface area contributed by atoms with E-state index in [0.717, 1.165) is 5.56 Å². The number of hydrogen-bond donors (Lipinski definition) is 6. The summed E-state index contributed by atoms with van der Waals surface area (Å²) >= 11 is 0. The molecule has 15 nitrogen and oxygen atoms in total. The van der Waals surface area contributed by atoms with Gasteiger partial charge in [-0.3, -0.25) is 24.0 Å². The van der Waals surface area contributed by atoms with Crippen LogP contribution >= 0.6 is 0 Å². The number of carboxylic acids is 1. The van der Waals surface area contributed by atoms with Crippen molar-refractivity contribution in [3.05, 3.63) is 54.1 Å². The summed E-state index contributed by atoms with van der Waals surface area (Å²) in [5, 5.41) is 17.7. The van der Waals surface area contributed by atoms with Crippen molar-refractivity contribution in [3.63, 3.8) is 0 Å². The van der Waals surface area contributed by atoms with Gasteiger partial charge in [-0.1, -0.05) is 44.2 Å². The third-order valence-corrected chi connectivity index (χ3v) is 8.63. The lowest BCUT2D eigenvalue weighted by Crippen LogP contribution is -2.59. The SMILES string of the molecule is CC(C)[C@H](NC(=O)[C@H](Cc1cnc[nH]1)NC(=O)[C@@H]1CCCN1C(=O)[C@H](Cc1ccccc1)NC(=O)[C@@H]1CCCN1C(=O)CN)C(=O)O. The zero-order valence-corrected chi connectivity index (χ0v) is 26.7. The molecule has 0 unspecified atom stereocenters. The van der Waals surface area contributed by atoms with Gasteiger partial charge in [-0.25, -0.2) is 9.78 Å². The van der Waals surface area contributed by atoms with Crippen LogP contribution in [-0.4, -0.2) is 110 Å². The number of rotatable bonds is 14. The first-order valence-electron chi connectivity index (χ1n) is 15.9. The zero-order valence-electron chi connectivity index (χ0n) is 26.7. The molecule has 1 aromatic carbocycles. The monoisotopic (exact) mass is 652 g/mol. The first-order chi connectivity index (χ1) is 22.5. The van der Waals surface area contributed by atoms with Gasteiger partial charge in [0, 0.05) is 37.8 Å². The minimum atomic E-state index is -1.20. The number of aromatic nitrogens is 2. The van der Waals surface area contributed by atoms with Crippen molar-refractivity contribution < 1.29 is 33.9 Å². The molecule has 0 radical (unpaired) electrons. The highest BCUT2D eigenvalue weighted by molar-refractivity contribution is 5.96. The van der Waals surface area contributed by atoms with E-state index in [4.69, 9.17) is 5.73 Å². The third-order valence-electron chi connectivity index (χ3n) is 8.63. The van der Waals surface area contributed by atoms with Gasteiger partial charge in [-0.05, 0) is 37.2 Å². The Morgan fingerprint density at radius 2 is 1.53 bits per heavy atom. The summed E-state index contributed by atoms with van der Waals surface area (Å²) < 4.78 is 0. The van der Waals surface area contributed by atoms with Gasteiger partial charge in [-0.15, -0.1) is 0 Å². The second kappa shape index (κ2) is 16.2. The fourth-order valence-corrected chi connectivity index (χ4v) is 6.14. The molecule has 2 aliphatic rings. The van der Waals surface area contributed by atoms with Gasteiger partial charge < -0.3 is 41.6 Å². The number of carboxylic acid groups (broad SMARTS) is 1. The van der Waals surface area contributed by atoms with E-state index in [1.165, 1.54) is 22.3 Å². The predicted octanol–water partition coefficient (Wildman–Crippen LogP) is -0.669. The summed E-state index contributed by atoms with van der Waals surface area (Å²) in [7, 11) is 0. The highest BCUT2D eigenvalue weighted by Gasteiger charge is 2.41. The van der Waals surface area contributed by atoms with Crippen molar-refractivity contribution >= 4 is 35.5 Å². The van der Waals surface area contributed by atoms with Crippen LogP contribution in [0.15, 0.2) is 42.9 Å². The van der Waals surface area contributed by atoms with Gasteiger partial charge in [0.25, 0.3) is 0 Å². The topological polar surface area (TPSA) is 220 Å². The molecule has 15 heteroatoms. The Morgan fingerprint density at radius 3 is 2.11 bits per heavy atom. The van der Waals surface area contributed by atoms with Gasteiger partial charge in [0.1, 0.15) is 30.2 Å². The molecule has 254 valence electrons. The molecule has 3 heterocycles. The van der Waals surface area contributed by atoms with Crippen LogP contribution in [-0.2, 0) is 41.6 Å². The number of likely N-dealkylation sites (tertiary alicyclic amines) is 2. The Morgan fingerprint density at radius 1 is 0.915 bits per heavy atom. The van der Waals surface area contributed by atoms with Crippen LogP contribution in [0.25, 0.3) is 0 Å². The number of carbonyl (C=O) groups is 6. The molecule has 5 atom stereocenters.